The highest BCUT2D eigenvalue weighted by molar-refractivity contribution is 5.74. The van der Waals surface area contributed by atoms with Crippen LogP contribution in [-0.2, 0) is 6.42 Å². The van der Waals surface area contributed by atoms with Crippen molar-refractivity contribution in [3.63, 3.8) is 0 Å². The van der Waals surface area contributed by atoms with Gasteiger partial charge in [-0.1, -0.05) is 0 Å². The van der Waals surface area contributed by atoms with Crippen LogP contribution in [-0.4, -0.2) is 50.7 Å². The molecule has 1 atom stereocenters. The van der Waals surface area contributed by atoms with Crippen LogP contribution in [0.3, 0.4) is 0 Å². The molecule has 0 bridgehead atoms. The number of imidazole rings is 1. The van der Waals surface area contributed by atoms with Crippen LogP contribution >= 0.6 is 0 Å². The van der Waals surface area contributed by atoms with E-state index in [1.54, 1.807) is 6.20 Å². The van der Waals surface area contributed by atoms with Gasteiger partial charge in [0.1, 0.15) is 5.82 Å². The number of H-pyrrole nitrogens is 2. The summed E-state index contributed by atoms with van der Waals surface area (Å²) in [7, 11) is 0. The first-order valence-electron chi connectivity index (χ1n) is 8.67. The standard InChI is InChI=1S/C17H26N6O/c1-12-15(13(2)22-21-12)6-3-7-20-17(24)23-10-4-5-14(11-23)16-18-8-9-19-16/h8-9,14H,3-7,10-11H2,1-2H3,(H,18,19)(H,20,24)(H,21,22)/t14-/m1/s1. The molecule has 3 rings (SSSR count). The lowest BCUT2D eigenvalue weighted by atomic mass is 9.98. The fraction of sp³-hybridized carbons (Fsp3) is 0.588. The Morgan fingerprint density at radius 1 is 1.46 bits per heavy atom. The van der Waals surface area contributed by atoms with Crippen LogP contribution in [0.1, 0.15) is 48.0 Å². The number of hydrogen-bond donors (Lipinski definition) is 3. The fourth-order valence-electron chi connectivity index (χ4n) is 3.40. The molecule has 1 saturated heterocycles. The summed E-state index contributed by atoms with van der Waals surface area (Å²) in [6.45, 7) is 6.30. The lowest BCUT2D eigenvalue weighted by Gasteiger charge is -2.31. The molecular formula is C17H26N6O. The molecular weight excluding hydrogens is 304 g/mol. The van der Waals surface area contributed by atoms with E-state index < -0.39 is 0 Å². The molecule has 3 heterocycles. The average Bonchev–Trinajstić information content (AvgIpc) is 3.23. The maximum Gasteiger partial charge on any atom is 0.317 e. The Balaban J connectivity index is 1.43. The molecule has 3 N–H and O–H groups in total. The predicted molar refractivity (Wildman–Crippen MR) is 91.9 cm³/mol. The second-order valence-corrected chi connectivity index (χ2v) is 6.51. The van der Waals surface area contributed by atoms with Crippen LogP contribution in [0.2, 0.25) is 0 Å². The molecule has 0 spiro atoms. The van der Waals surface area contributed by atoms with Gasteiger partial charge in [0.25, 0.3) is 0 Å². The lowest BCUT2D eigenvalue weighted by molar-refractivity contribution is 0.178. The van der Waals surface area contributed by atoms with E-state index in [-0.39, 0.29) is 6.03 Å². The number of nitrogens with one attached hydrogen (secondary N) is 3. The highest BCUT2D eigenvalue weighted by atomic mass is 16.2. The Hall–Kier alpha value is -2.31. The van der Waals surface area contributed by atoms with Crippen molar-refractivity contribution in [2.75, 3.05) is 19.6 Å². The van der Waals surface area contributed by atoms with Crippen LogP contribution in [0.15, 0.2) is 12.4 Å². The van der Waals surface area contributed by atoms with E-state index >= 15 is 0 Å². The smallest absolute Gasteiger partial charge is 0.317 e. The maximum atomic E-state index is 12.4. The number of hydrogen-bond acceptors (Lipinski definition) is 3. The third kappa shape index (κ3) is 3.77. The highest BCUT2D eigenvalue weighted by Gasteiger charge is 2.25. The third-order valence-corrected chi connectivity index (χ3v) is 4.78. The van der Waals surface area contributed by atoms with Gasteiger partial charge < -0.3 is 15.2 Å². The van der Waals surface area contributed by atoms with E-state index in [9.17, 15) is 4.79 Å². The number of likely N-dealkylation sites (tertiary alicyclic amines) is 1. The molecule has 0 radical (unpaired) electrons. The number of carbonyl (C=O) groups is 1. The molecule has 7 nitrogen and oxygen atoms in total. The number of amides is 2. The van der Waals surface area contributed by atoms with E-state index in [1.807, 2.05) is 24.9 Å². The number of rotatable bonds is 5. The summed E-state index contributed by atoms with van der Waals surface area (Å²) in [6.07, 6.45) is 7.57. The van der Waals surface area contributed by atoms with Gasteiger partial charge in [0.05, 0.1) is 5.69 Å². The highest BCUT2D eigenvalue weighted by Crippen LogP contribution is 2.24. The summed E-state index contributed by atoms with van der Waals surface area (Å²) in [5.74, 6) is 1.30. The minimum Gasteiger partial charge on any atom is -0.348 e. The number of urea groups is 1. The van der Waals surface area contributed by atoms with Gasteiger partial charge in [-0.15, -0.1) is 0 Å². The number of aromatic nitrogens is 4. The van der Waals surface area contributed by atoms with Gasteiger partial charge in [-0.05, 0) is 45.1 Å². The van der Waals surface area contributed by atoms with E-state index in [4.69, 9.17) is 0 Å². The van der Waals surface area contributed by atoms with E-state index in [0.29, 0.717) is 12.5 Å². The summed E-state index contributed by atoms with van der Waals surface area (Å²) < 4.78 is 0. The Bertz CT molecular complexity index is 643. The van der Waals surface area contributed by atoms with Crippen molar-refractivity contribution in [3.8, 4) is 0 Å². The number of nitrogens with zero attached hydrogens (tertiary/aromatic N) is 3. The molecule has 0 unspecified atom stereocenters. The van der Waals surface area contributed by atoms with Gasteiger partial charge in [0.2, 0.25) is 0 Å². The van der Waals surface area contributed by atoms with Gasteiger partial charge in [-0.2, -0.15) is 5.10 Å². The summed E-state index contributed by atoms with van der Waals surface area (Å²) in [6, 6.07) is 0.0342. The Morgan fingerprint density at radius 2 is 2.33 bits per heavy atom. The lowest BCUT2D eigenvalue weighted by Crippen LogP contribution is -2.45. The molecule has 1 fully saturated rings. The third-order valence-electron chi connectivity index (χ3n) is 4.78. The fourth-order valence-corrected chi connectivity index (χ4v) is 3.40. The minimum absolute atomic E-state index is 0.0342. The zero-order valence-corrected chi connectivity index (χ0v) is 14.4. The molecule has 0 saturated carbocycles. The summed E-state index contributed by atoms with van der Waals surface area (Å²) >= 11 is 0. The second kappa shape index (κ2) is 7.51. The maximum absolute atomic E-state index is 12.4. The zero-order valence-electron chi connectivity index (χ0n) is 14.4. The van der Waals surface area contributed by atoms with E-state index in [0.717, 1.165) is 56.0 Å². The topological polar surface area (TPSA) is 89.7 Å². The van der Waals surface area contributed by atoms with Crippen molar-refractivity contribution >= 4 is 6.03 Å². The zero-order chi connectivity index (χ0) is 16.9. The summed E-state index contributed by atoms with van der Waals surface area (Å²) in [4.78, 5) is 21.8. The molecule has 7 heteroatoms. The SMILES string of the molecule is Cc1n[nH]c(C)c1CCCNC(=O)N1CCC[C@@H](c2ncc[nH]2)C1. The molecule has 2 amide bonds. The molecule has 130 valence electrons. The van der Waals surface area contributed by atoms with Crippen LogP contribution < -0.4 is 5.32 Å². The van der Waals surface area contributed by atoms with E-state index in [2.05, 4.69) is 25.5 Å². The van der Waals surface area contributed by atoms with Crippen molar-refractivity contribution < 1.29 is 4.79 Å². The van der Waals surface area contributed by atoms with Crippen molar-refractivity contribution in [2.24, 2.45) is 0 Å². The first-order valence-corrected chi connectivity index (χ1v) is 8.67. The first kappa shape index (κ1) is 16.5. The predicted octanol–water partition coefficient (Wildman–Crippen LogP) is 2.27. The van der Waals surface area contributed by atoms with Gasteiger partial charge in [0.15, 0.2) is 0 Å². The van der Waals surface area contributed by atoms with Gasteiger partial charge in [0, 0.05) is 43.6 Å². The van der Waals surface area contributed by atoms with Crippen molar-refractivity contribution in [2.45, 2.75) is 45.4 Å². The van der Waals surface area contributed by atoms with Crippen LogP contribution in [0.25, 0.3) is 0 Å². The normalized spacial score (nSPS) is 17.9. The summed E-state index contributed by atoms with van der Waals surface area (Å²) in [5.41, 5.74) is 3.44. The number of piperidine rings is 1. The van der Waals surface area contributed by atoms with Crippen molar-refractivity contribution in [1.29, 1.82) is 0 Å². The first-order chi connectivity index (χ1) is 11.6. The monoisotopic (exact) mass is 330 g/mol. The second-order valence-electron chi connectivity index (χ2n) is 6.51. The van der Waals surface area contributed by atoms with E-state index in [1.165, 1.54) is 5.56 Å². The largest absolute Gasteiger partial charge is 0.348 e. The van der Waals surface area contributed by atoms with Gasteiger partial charge in [-0.25, -0.2) is 9.78 Å². The average molecular weight is 330 g/mol. The quantitative estimate of drug-likeness (QED) is 0.735. The molecule has 24 heavy (non-hydrogen) atoms. The molecule has 0 aliphatic carbocycles. The number of aromatic amines is 2. The molecule has 0 aromatic carbocycles. The molecule has 2 aromatic rings. The van der Waals surface area contributed by atoms with Crippen LogP contribution in [0.5, 0.6) is 0 Å². The van der Waals surface area contributed by atoms with Gasteiger partial charge >= 0.3 is 6.03 Å². The van der Waals surface area contributed by atoms with Gasteiger partial charge in [-0.3, -0.25) is 5.10 Å². The number of aryl methyl sites for hydroxylation is 2. The van der Waals surface area contributed by atoms with Crippen LogP contribution in [0, 0.1) is 13.8 Å². The summed E-state index contributed by atoms with van der Waals surface area (Å²) in [5, 5.41) is 10.3. The Morgan fingerprint density at radius 3 is 3.04 bits per heavy atom. The van der Waals surface area contributed by atoms with Crippen LogP contribution in [0.4, 0.5) is 4.79 Å². The Labute approximate surface area is 142 Å². The number of carbonyl (C=O) groups excluding carboxylic acids is 1. The molecule has 1 aliphatic rings. The minimum atomic E-state index is 0.0342. The molecule has 2 aromatic heterocycles. The van der Waals surface area contributed by atoms with Crippen molar-refractivity contribution in [1.82, 2.24) is 30.4 Å². The van der Waals surface area contributed by atoms with Crippen molar-refractivity contribution in [3.05, 3.63) is 35.2 Å². The Kier molecular flexibility index (Phi) is 5.17. The molecule has 1 aliphatic heterocycles.